The van der Waals surface area contributed by atoms with Gasteiger partial charge in [0.05, 0.1) is 0 Å². The van der Waals surface area contributed by atoms with Crippen LogP contribution in [0.25, 0.3) is 54.6 Å². The summed E-state index contributed by atoms with van der Waals surface area (Å²) in [5.41, 5.74) is 4.94. The second-order valence-corrected chi connectivity index (χ2v) is 14.2. The molecule has 0 aliphatic heterocycles. The molecule has 0 bridgehead atoms. The van der Waals surface area contributed by atoms with Gasteiger partial charge in [-0.3, -0.25) is 0 Å². The van der Waals surface area contributed by atoms with E-state index in [-0.39, 0.29) is 0 Å². The van der Waals surface area contributed by atoms with Gasteiger partial charge >= 0.3 is 0 Å². The summed E-state index contributed by atoms with van der Waals surface area (Å²) in [6.45, 7) is -2.00. The molecule has 0 N–H and O–H groups in total. The fourth-order valence-corrected chi connectivity index (χ4v) is 9.49. The zero-order chi connectivity index (χ0) is 28.1. The van der Waals surface area contributed by atoms with Gasteiger partial charge in [0.15, 0.2) is 0 Å². The molecule has 0 unspecified atom stereocenters. The van der Waals surface area contributed by atoms with Crippen LogP contribution in [-0.4, -0.2) is 6.30 Å². The predicted molar refractivity (Wildman–Crippen MR) is 187 cm³/mol. The number of hydrogen-bond donors (Lipinski definition) is 0. The van der Waals surface area contributed by atoms with Crippen molar-refractivity contribution in [1.82, 2.24) is 0 Å². The van der Waals surface area contributed by atoms with E-state index in [4.69, 9.17) is 6.30 Å². The monoisotopic (exact) mass is 552 g/mol. The maximum Gasteiger partial charge on any atom is -0.00206 e. The number of hydrogen-bond acceptors (Lipinski definition) is 0. The minimum atomic E-state index is -2.00. The summed E-state index contributed by atoms with van der Waals surface area (Å²) >= 11 is 0. The average molecular weight is 553 g/mol. The number of benzene rings is 8. The molecule has 0 amide bonds. The summed E-state index contributed by atoms with van der Waals surface area (Å²) in [6.07, 6.45) is 4.91. The van der Waals surface area contributed by atoms with E-state index in [2.05, 4.69) is 164 Å². The van der Waals surface area contributed by atoms with Crippen LogP contribution in [-0.2, 0) is 0 Å². The van der Waals surface area contributed by atoms with E-state index in [1.165, 1.54) is 70.5 Å². The summed E-state index contributed by atoms with van der Waals surface area (Å²) in [7, 11) is 0. The van der Waals surface area contributed by atoms with E-state index >= 15 is 0 Å². The molecule has 0 saturated carbocycles. The highest BCUT2D eigenvalue weighted by Crippen LogP contribution is 2.43. The third-order valence-electron chi connectivity index (χ3n) is 8.74. The molecule has 0 fully saturated rings. The van der Waals surface area contributed by atoms with Gasteiger partial charge in [0.1, 0.15) is 0 Å². The smallest absolute Gasteiger partial charge is 0.00206 e. The van der Waals surface area contributed by atoms with Gasteiger partial charge in [-0.1, -0.05) is 164 Å². The summed E-state index contributed by atoms with van der Waals surface area (Å²) in [5.74, 6) is 0. The maximum atomic E-state index is 4.91. The lowest BCUT2D eigenvalue weighted by Gasteiger charge is -2.26. The van der Waals surface area contributed by atoms with Gasteiger partial charge in [0, 0.05) is 0 Å². The first-order chi connectivity index (χ1) is 20.7. The zero-order valence-electron chi connectivity index (χ0n) is 23.2. The number of rotatable bonds is 5. The minimum Gasteiger partial charge on any atom is -0.0887 e. The topological polar surface area (TPSA) is 0 Å². The van der Waals surface area contributed by atoms with Crippen molar-refractivity contribution >= 4 is 61.4 Å². The lowest BCUT2D eigenvalue weighted by Crippen LogP contribution is -2.25. The van der Waals surface area contributed by atoms with Crippen LogP contribution in [0, 0.1) is 0 Å². The summed E-state index contributed by atoms with van der Waals surface area (Å²) in [6, 6.07) is 59.8. The molecule has 0 nitrogen and oxygen atoms in total. The van der Waals surface area contributed by atoms with Gasteiger partial charge < -0.3 is 0 Å². The Balaban J connectivity index is 1.22. The van der Waals surface area contributed by atoms with Gasteiger partial charge in [0.2, 0.25) is 0 Å². The lowest BCUT2D eigenvalue weighted by atomic mass is 9.89. The first kappa shape index (κ1) is 24.9. The van der Waals surface area contributed by atoms with Crippen LogP contribution in [0.15, 0.2) is 164 Å². The second kappa shape index (κ2) is 9.88. The molecule has 0 aliphatic carbocycles. The summed E-state index contributed by atoms with van der Waals surface area (Å²) < 4.78 is 0. The Morgan fingerprint density at radius 3 is 1.55 bits per heavy atom. The maximum absolute atomic E-state index is 4.91. The van der Waals surface area contributed by atoms with E-state index in [0.29, 0.717) is 0 Å². The van der Waals surface area contributed by atoms with E-state index in [1.54, 1.807) is 0 Å². The summed E-state index contributed by atoms with van der Waals surface area (Å²) in [4.78, 5) is 0. The Morgan fingerprint density at radius 2 is 0.881 bits per heavy atom. The highest BCUT2D eigenvalue weighted by molar-refractivity contribution is 7.93. The molecule has 1 heteroatoms. The highest BCUT2D eigenvalue weighted by atomic mass is 31.2. The molecule has 0 atom stereocenters. The molecular formula is C41H29P. The molecule has 8 rings (SSSR count). The molecular weight excluding hydrogens is 523 g/mol. The normalized spacial score (nSPS) is 11.9. The van der Waals surface area contributed by atoms with Crippen molar-refractivity contribution in [3.63, 3.8) is 0 Å². The first-order valence-corrected chi connectivity index (χ1v) is 16.4. The van der Waals surface area contributed by atoms with E-state index in [1.807, 2.05) is 0 Å². The van der Waals surface area contributed by atoms with Crippen molar-refractivity contribution in [3.05, 3.63) is 164 Å². The van der Waals surface area contributed by atoms with Crippen molar-refractivity contribution in [2.75, 3.05) is 0 Å². The highest BCUT2D eigenvalue weighted by Gasteiger charge is 2.22. The van der Waals surface area contributed by atoms with Gasteiger partial charge in [0.25, 0.3) is 0 Å². The Kier molecular flexibility index (Phi) is 5.85. The average Bonchev–Trinajstić information content (AvgIpc) is 3.08. The van der Waals surface area contributed by atoms with E-state index in [0.717, 1.165) is 0 Å². The van der Waals surface area contributed by atoms with Crippen LogP contribution in [0.1, 0.15) is 0 Å². The Morgan fingerprint density at radius 1 is 0.357 bits per heavy atom. The van der Waals surface area contributed by atoms with Gasteiger partial charge in [-0.15, -0.1) is 0 Å². The van der Waals surface area contributed by atoms with E-state index < -0.39 is 6.89 Å². The molecule has 8 aromatic carbocycles. The predicted octanol–water partition coefficient (Wildman–Crippen LogP) is 9.64. The molecule has 0 heterocycles. The van der Waals surface area contributed by atoms with Crippen molar-refractivity contribution in [1.29, 1.82) is 0 Å². The molecule has 198 valence electrons. The molecule has 0 radical (unpaired) electrons. The Labute approximate surface area is 246 Å². The SMILES string of the molecule is C=P(c1ccccc1)(c1ccccc1)c1ccc(-c2cccc(-c3ccc4ccc5cccc6ccc3c4c56)c2)cc1. The standard InChI is InChI=1S/C41H29P/c1-42(35-14-4-2-5-15-35,36-16-6-3-7-17-36)37-24-20-29(21-25-37)33-12-9-13-34(28-33)38-26-22-32-19-18-30-10-8-11-31-23-27-39(38)41(32)40(30)31/h2-28H,1H2. The van der Waals surface area contributed by atoms with Crippen molar-refractivity contribution < 1.29 is 0 Å². The largest absolute Gasteiger partial charge is 0.0887 e. The molecule has 8 aromatic rings. The van der Waals surface area contributed by atoms with Crippen LogP contribution in [0.3, 0.4) is 0 Å². The van der Waals surface area contributed by atoms with Crippen LogP contribution in [0.5, 0.6) is 0 Å². The molecule has 0 saturated heterocycles. The fraction of sp³-hybridized carbons (Fsp3) is 0. The second-order valence-electron chi connectivity index (χ2n) is 11.1. The van der Waals surface area contributed by atoms with E-state index in [9.17, 15) is 0 Å². The molecule has 42 heavy (non-hydrogen) atoms. The van der Waals surface area contributed by atoms with Crippen molar-refractivity contribution in [3.8, 4) is 22.3 Å². The zero-order valence-corrected chi connectivity index (χ0v) is 24.1. The minimum absolute atomic E-state index is 1.21. The third-order valence-corrected chi connectivity index (χ3v) is 12.3. The van der Waals surface area contributed by atoms with Gasteiger partial charge in [-0.05, 0) is 83.4 Å². The van der Waals surface area contributed by atoms with Gasteiger partial charge in [-0.25, -0.2) is 0 Å². The van der Waals surface area contributed by atoms with Crippen molar-refractivity contribution in [2.24, 2.45) is 0 Å². The lowest BCUT2D eigenvalue weighted by molar-refractivity contribution is 1.62. The summed E-state index contributed by atoms with van der Waals surface area (Å²) in [5, 5.41) is 11.8. The fourth-order valence-electron chi connectivity index (χ4n) is 6.57. The van der Waals surface area contributed by atoms with Crippen LogP contribution in [0.2, 0.25) is 0 Å². The first-order valence-electron chi connectivity index (χ1n) is 14.4. The van der Waals surface area contributed by atoms with Crippen LogP contribution in [0.4, 0.5) is 0 Å². The molecule has 0 spiro atoms. The Bertz CT molecular complexity index is 2180. The molecule has 0 aliphatic rings. The molecule has 0 aromatic heterocycles. The Hall–Kier alpha value is -4.90. The quantitative estimate of drug-likeness (QED) is 0.147. The van der Waals surface area contributed by atoms with Crippen LogP contribution >= 0.6 is 6.89 Å². The van der Waals surface area contributed by atoms with Gasteiger partial charge in [-0.2, -0.15) is 0 Å². The third kappa shape index (κ3) is 3.92. The van der Waals surface area contributed by atoms with Crippen LogP contribution < -0.4 is 15.9 Å². The van der Waals surface area contributed by atoms with Crippen molar-refractivity contribution in [2.45, 2.75) is 0 Å².